The molecule has 0 aromatic heterocycles. The van der Waals surface area contributed by atoms with E-state index in [1.165, 1.54) is 13.1 Å². The van der Waals surface area contributed by atoms with Gasteiger partial charge in [-0.25, -0.2) is 0 Å². The number of imide groups is 1. The minimum atomic E-state index is -0.490. The molecule has 2 amide bonds. The number of carbonyl (C=O) groups excluding carboxylic acids is 2. The second kappa shape index (κ2) is 6.31. The quantitative estimate of drug-likeness (QED) is 0.503. The van der Waals surface area contributed by atoms with Gasteiger partial charge in [-0.15, -0.1) is 0 Å². The van der Waals surface area contributed by atoms with Crippen LogP contribution < -0.4 is 5.32 Å². The van der Waals surface area contributed by atoms with Crippen molar-refractivity contribution in [1.82, 2.24) is 10.2 Å². The van der Waals surface area contributed by atoms with Crippen molar-refractivity contribution in [3.63, 3.8) is 0 Å². The molecule has 2 rings (SSSR count). The molecule has 0 bridgehead atoms. The lowest BCUT2D eigenvalue weighted by atomic mass is 10.0. The lowest BCUT2D eigenvalue weighted by molar-refractivity contribution is -0.385. The summed E-state index contributed by atoms with van der Waals surface area (Å²) in [5, 5.41) is 14.0. The zero-order valence-corrected chi connectivity index (χ0v) is 12.9. The molecule has 1 unspecified atom stereocenters. The van der Waals surface area contributed by atoms with Crippen LogP contribution in [-0.2, 0) is 16.1 Å². The Morgan fingerprint density at radius 3 is 2.86 bits per heavy atom. The molecule has 0 aliphatic carbocycles. The first kappa shape index (κ1) is 15.6. The fourth-order valence-electron chi connectivity index (χ4n) is 2.19. The Morgan fingerprint density at radius 2 is 2.19 bits per heavy atom. The van der Waals surface area contributed by atoms with Gasteiger partial charge in [0.25, 0.3) is 5.69 Å². The molecular formula is C13H14BrN3O4. The van der Waals surface area contributed by atoms with Gasteiger partial charge in [-0.1, -0.05) is 15.9 Å². The largest absolute Gasteiger partial charge is 0.301 e. The van der Waals surface area contributed by atoms with Gasteiger partial charge in [-0.05, 0) is 18.6 Å². The first-order valence-electron chi connectivity index (χ1n) is 6.36. The molecule has 1 aromatic carbocycles. The Morgan fingerprint density at radius 1 is 1.48 bits per heavy atom. The molecule has 1 saturated heterocycles. The van der Waals surface area contributed by atoms with E-state index in [1.54, 1.807) is 12.1 Å². The molecule has 7 nitrogen and oxygen atoms in total. The van der Waals surface area contributed by atoms with Crippen LogP contribution in [0, 0.1) is 10.1 Å². The highest BCUT2D eigenvalue weighted by Crippen LogP contribution is 2.24. The first-order chi connectivity index (χ1) is 9.90. The highest BCUT2D eigenvalue weighted by Gasteiger charge is 2.31. The van der Waals surface area contributed by atoms with E-state index < -0.39 is 11.0 Å². The molecule has 1 fully saturated rings. The molecule has 1 aliphatic rings. The number of nitro groups is 1. The second-order valence-electron chi connectivity index (χ2n) is 4.79. The van der Waals surface area contributed by atoms with Crippen LogP contribution in [0.2, 0.25) is 0 Å². The third-order valence-electron chi connectivity index (χ3n) is 3.43. The molecule has 0 radical (unpaired) electrons. The topological polar surface area (TPSA) is 92.6 Å². The maximum atomic E-state index is 11.9. The molecule has 112 valence electrons. The van der Waals surface area contributed by atoms with Gasteiger partial charge in [0.05, 0.1) is 11.0 Å². The van der Waals surface area contributed by atoms with Gasteiger partial charge >= 0.3 is 0 Å². The highest BCUT2D eigenvalue weighted by molar-refractivity contribution is 9.10. The summed E-state index contributed by atoms with van der Waals surface area (Å²) in [5.41, 5.74) is 0.486. The van der Waals surface area contributed by atoms with Gasteiger partial charge in [-0.3, -0.25) is 24.6 Å². The number of hydrogen-bond donors (Lipinski definition) is 1. The van der Waals surface area contributed by atoms with Gasteiger partial charge in [0, 0.05) is 36.1 Å². The number of nitro benzene ring substituents is 1. The van der Waals surface area contributed by atoms with Crippen LogP contribution in [0.4, 0.5) is 5.69 Å². The predicted molar refractivity (Wildman–Crippen MR) is 78.4 cm³/mol. The molecule has 0 saturated carbocycles. The zero-order valence-electron chi connectivity index (χ0n) is 11.3. The van der Waals surface area contributed by atoms with Crippen molar-refractivity contribution in [2.75, 3.05) is 7.05 Å². The van der Waals surface area contributed by atoms with E-state index in [4.69, 9.17) is 0 Å². The van der Waals surface area contributed by atoms with Crippen molar-refractivity contribution in [3.05, 3.63) is 38.3 Å². The van der Waals surface area contributed by atoms with Gasteiger partial charge in [0.15, 0.2) is 0 Å². The Hall–Kier alpha value is -1.80. The van der Waals surface area contributed by atoms with Crippen molar-refractivity contribution in [3.8, 4) is 0 Å². The van der Waals surface area contributed by atoms with E-state index in [0.29, 0.717) is 22.9 Å². The number of likely N-dealkylation sites (tertiary alicyclic amines) is 1. The minimum absolute atomic E-state index is 0.00966. The third-order valence-corrected chi connectivity index (χ3v) is 3.93. The molecule has 8 heteroatoms. The summed E-state index contributed by atoms with van der Waals surface area (Å²) in [6.45, 7) is 0.196. The van der Waals surface area contributed by atoms with Crippen LogP contribution >= 0.6 is 15.9 Å². The molecule has 1 aromatic rings. The summed E-state index contributed by atoms with van der Waals surface area (Å²) < 4.78 is 0.622. The van der Waals surface area contributed by atoms with Crippen LogP contribution in [0.5, 0.6) is 0 Å². The SMILES string of the molecule is CN1C(=O)CCC(NCc2ccc(Br)cc2[N+](=O)[O-])C1=O. The average Bonchev–Trinajstić information content (AvgIpc) is 2.45. The Labute approximate surface area is 129 Å². The zero-order chi connectivity index (χ0) is 15.6. The Balaban J connectivity index is 2.08. The fraction of sp³-hybridized carbons (Fsp3) is 0.385. The number of hydrogen-bond acceptors (Lipinski definition) is 5. The van der Waals surface area contributed by atoms with Crippen molar-refractivity contribution >= 4 is 33.4 Å². The number of likely N-dealkylation sites (N-methyl/N-ethyl adjacent to an activating group) is 1. The standard InChI is InChI=1S/C13H14BrN3O4/c1-16-12(18)5-4-10(13(16)19)15-7-8-2-3-9(14)6-11(8)17(20)21/h2-3,6,10,15H,4-5,7H2,1H3. The highest BCUT2D eigenvalue weighted by atomic mass is 79.9. The molecular weight excluding hydrogens is 342 g/mol. The van der Waals surface area contributed by atoms with Crippen LogP contribution in [0.3, 0.4) is 0 Å². The second-order valence-corrected chi connectivity index (χ2v) is 5.71. The summed E-state index contributed by atoms with van der Waals surface area (Å²) in [5.74, 6) is -0.501. The molecule has 21 heavy (non-hydrogen) atoms. The van der Waals surface area contributed by atoms with E-state index >= 15 is 0 Å². The van der Waals surface area contributed by atoms with Crippen LogP contribution in [0.15, 0.2) is 22.7 Å². The maximum Gasteiger partial charge on any atom is 0.275 e. The Bertz CT molecular complexity index is 605. The normalized spacial score (nSPS) is 19.0. The van der Waals surface area contributed by atoms with E-state index in [1.807, 2.05) is 0 Å². The molecule has 1 aliphatic heterocycles. The van der Waals surface area contributed by atoms with Crippen LogP contribution in [0.1, 0.15) is 18.4 Å². The monoisotopic (exact) mass is 355 g/mol. The molecule has 1 atom stereocenters. The predicted octanol–water partition coefficient (Wildman–Crippen LogP) is 1.59. The van der Waals surface area contributed by atoms with Gasteiger partial charge < -0.3 is 5.32 Å². The first-order valence-corrected chi connectivity index (χ1v) is 7.16. The summed E-state index contributed by atoms with van der Waals surface area (Å²) in [7, 11) is 1.45. The molecule has 0 spiro atoms. The lowest BCUT2D eigenvalue weighted by Gasteiger charge is -2.28. The van der Waals surface area contributed by atoms with E-state index in [-0.39, 0.29) is 24.0 Å². The third kappa shape index (κ3) is 3.45. The Kier molecular flexibility index (Phi) is 4.69. The number of benzene rings is 1. The maximum absolute atomic E-state index is 11.9. The van der Waals surface area contributed by atoms with Crippen molar-refractivity contribution in [2.45, 2.75) is 25.4 Å². The number of nitrogens with one attached hydrogen (secondary N) is 1. The van der Waals surface area contributed by atoms with Gasteiger partial charge in [-0.2, -0.15) is 0 Å². The van der Waals surface area contributed by atoms with Crippen molar-refractivity contribution in [2.24, 2.45) is 0 Å². The van der Waals surface area contributed by atoms with Crippen molar-refractivity contribution < 1.29 is 14.5 Å². The molecule has 1 N–H and O–H groups in total. The summed E-state index contributed by atoms with van der Waals surface area (Å²) in [6.07, 6.45) is 0.703. The average molecular weight is 356 g/mol. The fourth-order valence-corrected chi connectivity index (χ4v) is 2.54. The van der Waals surface area contributed by atoms with E-state index in [0.717, 1.165) is 4.90 Å². The van der Waals surface area contributed by atoms with E-state index in [2.05, 4.69) is 21.2 Å². The van der Waals surface area contributed by atoms with Gasteiger partial charge in [0.1, 0.15) is 0 Å². The number of amides is 2. The number of halogens is 1. The summed E-state index contributed by atoms with van der Waals surface area (Å²) in [4.78, 5) is 35.0. The van der Waals surface area contributed by atoms with Gasteiger partial charge in [0.2, 0.25) is 11.8 Å². The van der Waals surface area contributed by atoms with E-state index in [9.17, 15) is 19.7 Å². The van der Waals surface area contributed by atoms with Crippen LogP contribution in [-0.4, -0.2) is 34.7 Å². The minimum Gasteiger partial charge on any atom is -0.301 e. The van der Waals surface area contributed by atoms with Crippen LogP contribution in [0.25, 0.3) is 0 Å². The summed E-state index contributed by atoms with van der Waals surface area (Å²) >= 11 is 3.19. The summed E-state index contributed by atoms with van der Waals surface area (Å²) in [6, 6.07) is 4.28. The number of carbonyl (C=O) groups is 2. The number of rotatable bonds is 4. The number of nitrogens with zero attached hydrogens (tertiary/aromatic N) is 2. The van der Waals surface area contributed by atoms with Crippen molar-refractivity contribution in [1.29, 1.82) is 0 Å². The number of piperidine rings is 1. The lowest BCUT2D eigenvalue weighted by Crippen LogP contribution is -2.51. The smallest absolute Gasteiger partial charge is 0.275 e. The molecule has 1 heterocycles.